The predicted molar refractivity (Wildman–Crippen MR) is 73.4 cm³/mol. The molecule has 1 fully saturated rings. The summed E-state index contributed by atoms with van der Waals surface area (Å²) in [4.78, 5) is 17.0. The summed E-state index contributed by atoms with van der Waals surface area (Å²) >= 11 is 0. The molecule has 1 aliphatic rings. The molecule has 0 saturated carbocycles. The van der Waals surface area contributed by atoms with Crippen molar-refractivity contribution >= 4 is 22.9 Å². The fourth-order valence-corrected chi connectivity index (χ4v) is 2.40. The fourth-order valence-electron chi connectivity index (χ4n) is 2.40. The summed E-state index contributed by atoms with van der Waals surface area (Å²) in [6, 6.07) is 0. The maximum Gasteiger partial charge on any atom is 0.224 e. The molecule has 0 aromatic carbocycles. The number of imidazole rings is 1. The summed E-state index contributed by atoms with van der Waals surface area (Å²) in [5, 5.41) is 29.1. The van der Waals surface area contributed by atoms with Crippen LogP contribution in [0, 0.1) is 0 Å². The minimum atomic E-state index is -1.25. The summed E-state index contributed by atoms with van der Waals surface area (Å²) in [6.45, 7) is -0.422. The lowest BCUT2D eigenvalue weighted by atomic mass is 10.1. The number of ether oxygens (including phenoxy) is 1. The first kappa shape index (κ1) is 14.9. The summed E-state index contributed by atoms with van der Waals surface area (Å²) < 4.78 is 6.86. The number of hydrogen-bond donors (Lipinski definition) is 5. The number of aromatic nitrogens is 4. The zero-order valence-electron chi connectivity index (χ0n) is 11.6. The van der Waals surface area contributed by atoms with Gasteiger partial charge in [0.05, 0.1) is 20.0 Å². The Morgan fingerprint density at radius 1 is 1.41 bits per heavy atom. The molecule has 3 rings (SSSR count). The molecule has 120 valence electrons. The second-order valence-corrected chi connectivity index (χ2v) is 4.79. The Bertz CT molecular complexity index is 678. The predicted octanol–water partition coefficient (Wildman–Crippen LogP) is -2.01. The second-order valence-electron chi connectivity index (χ2n) is 4.79. The van der Waals surface area contributed by atoms with Gasteiger partial charge in [0, 0.05) is 0 Å². The Balaban J connectivity index is 2.05. The maximum atomic E-state index is 10.1. The van der Waals surface area contributed by atoms with E-state index >= 15 is 0 Å². The van der Waals surface area contributed by atoms with Crippen LogP contribution in [-0.4, -0.2) is 66.9 Å². The zero-order valence-corrected chi connectivity index (χ0v) is 11.6. The highest BCUT2D eigenvalue weighted by atomic mass is 16.6. The molecule has 4 atom stereocenters. The second kappa shape index (κ2) is 5.62. The highest BCUT2D eigenvalue weighted by Gasteiger charge is 2.44. The lowest BCUT2D eigenvalue weighted by molar-refractivity contribution is -0.0511. The Hall–Kier alpha value is -2.05. The average molecular weight is 312 g/mol. The molecule has 0 aliphatic carbocycles. The first-order chi connectivity index (χ1) is 10.6. The number of fused-ring (bicyclic) bond motifs is 1. The molecule has 22 heavy (non-hydrogen) atoms. The smallest absolute Gasteiger partial charge is 0.224 e. The third-order valence-corrected chi connectivity index (χ3v) is 3.43. The molecular formula is C11H16N6O5. The molecule has 6 N–H and O–H groups in total. The lowest BCUT2D eigenvalue weighted by Gasteiger charge is -2.16. The molecule has 2 unspecified atom stereocenters. The van der Waals surface area contributed by atoms with Crippen LogP contribution in [0.1, 0.15) is 6.23 Å². The van der Waals surface area contributed by atoms with Crippen molar-refractivity contribution in [2.24, 2.45) is 0 Å². The minimum Gasteiger partial charge on any atom is -0.394 e. The third kappa shape index (κ3) is 2.24. The van der Waals surface area contributed by atoms with Crippen LogP contribution < -0.4 is 11.2 Å². The molecule has 0 amide bonds. The number of rotatable bonds is 4. The number of nitrogens with zero attached hydrogens (tertiary/aromatic N) is 4. The van der Waals surface area contributed by atoms with E-state index in [4.69, 9.17) is 20.4 Å². The van der Waals surface area contributed by atoms with Crippen LogP contribution >= 0.6 is 0 Å². The Kier molecular flexibility index (Phi) is 3.80. The van der Waals surface area contributed by atoms with Crippen LogP contribution in [0.25, 0.3) is 11.2 Å². The van der Waals surface area contributed by atoms with E-state index in [1.54, 1.807) is 0 Å². The van der Waals surface area contributed by atoms with Gasteiger partial charge in [0.1, 0.15) is 18.3 Å². The normalized spacial score (nSPS) is 28.4. The quantitative estimate of drug-likeness (QED) is 0.399. The third-order valence-electron chi connectivity index (χ3n) is 3.43. The van der Waals surface area contributed by atoms with Crippen molar-refractivity contribution in [1.82, 2.24) is 19.5 Å². The number of aliphatic hydroxyl groups is 3. The van der Waals surface area contributed by atoms with Crippen molar-refractivity contribution in [3.05, 3.63) is 6.33 Å². The average Bonchev–Trinajstić information content (AvgIpc) is 3.02. The molecule has 3 heterocycles. The van der Waals surface area contributed by atoms with E-state index in [1.165, 1.54) is 18.0 Å². The van der Waals surface area contributed by atoms with Crippen molar-refractivity contribution in [3.8, 4) is 0 Å². The number of hydrogen-bond acceptors (Lipinski definition) is 10. The van der Waals surface area contributed by atoms with Gasteiger partial charge in [-0.1, -0.05) is 0 Å². The van der Waals surface area contributed by atoms with Gasteiger partial charge in [-0.05, 0) is 0 Å². The molecule has 1 aliphatic heterocycles. The van der Waals surface area contributed by atoms with Crippen molar-refractivity contribution in [1.29, 1.82) is 0 Å². The van der Waals surface area contributed by atoms with E-state index in [0.717, 1.165) is 0 Å². The van der Waals surface area contributed by atoms with Crippen LogP contribution in [0.5, 0.6) is 0 Å². The topological polar surface area (TPSA) is 161 Å². The zero-order chi connectivity index (χ0) is 15.9. The standard InChI is InChI=1S/C11H16N6O5/c1-21-16-8-5-9(15-11(12)14-8)17(3-13-5)10-7(20)6(19)4(2-18)22-10/h3-4,6-7,10,18-20H,2H2,1H3,(H3,12,14,15,16)/t4-,6?,7?,10-/m1/s1. The Labute approximate surface area is 124 Å². The SMILES string of the molecule is CONc1nc(N)nc2c1ncn2[C@@H]1O[C@H](CO)C(O)C1O. The van der Waals surface area contributed by atoms with Gasteiger partial charge in [-0.3, -0.25) is 9.40 Å². The monoisotopic (exact) mass is 312 g/mol. The first-order valence-corrected chi connectivity index (χ1v) is 6.48. The van der Waals surface area contributed by atoms with E-state index in [0.29, 0.717) is 11.2 Å². The van der Waals surface area contributed by atoms with Crippen LogP contribution in [-0.2, 0) is 9.57 Å². The Morgan fingerprint density at radius 2 is 2.18 bits per heavy atom. The van der Waals surface area contributed by atoms with Crippen LogP contribution in [0.4, 0.5) is 11.8 Å². The molecule has 11 heteroatoms. The highest BCUT2D eigenvalue weighted by Crippen LogP contribution is 2.32. The number of anilines is 2. The van der Waals surface area contributed by atoms with Crippen molar-refractivity contribution in [3.63, 3.8) is 0 Å². The largest absolute Gasteiger partial charge is 0.394 e. The van der Waals surface area contributed by atoms with Gasteiger partial charge in [0.2, 0.25) is 5.95 Å². The molecule has 11 nitrogen and oxygen atoms in total. The van der Waals surface area contributed by atoms with E-state index < -0.39 is 31.1 Å². The number of nitrogens with one attached hydrogen (secondary N) is 1. The molecule has 0 radical (unpaired) electrons. The van der Waals surface area contributed by atoms with Gasteiger partial charge >= 0.3 is 0 Å². The maximum absolute atomic E-state index is 10.1. The van der Waals surface area contributed by atoms with E-state index in [9.17, 15) is 10.2 Å². The number of nitrogen functional groups attached to an aromatic ring is 1. The summed E-state index contributed by atoms with van der Waals surface area (Å²) in [7, 11) is 1.41. The van der Waals surface area contributed by atoms with Gasteiger partial charge in [0.25, 0.3) is 0 Å². The fraction of sp³-hybridized carbons (Fsp3) is 0.545. The minimum absolute atomic E-state index is 0.0273. The van der Waals surface area contributed by atoms with Gasteiger partial charge < -0.3 is 25.8 Å². The van der Waals surface area contributed by atoms with E-state index in [1.807, 2.05) is 0 Å². The van der Waals surface area contributed by atoms with Crippen molar-refractivity contribution in [2.75, 3.05) is 24.9 Å². The number of aliphatic hydroxyl groups excluding tert-OH is 3. The summed E-state index contributed by atoms with van der Waals surface area (Å²) in [5.41, 5.74) is 8.83. The summed E-state index contributed by atoms with van der Waals surface area (Å²) in [6.07, 6.45) is -2.94. The lowest BCUT2D eigenvalue weighted by Crippen LogP contribution is -2.33. The van der Waals surface area contributed by atoms with Crippen LogP contribution in [0.15, 0.2) is 6.33 Å². The van der Waals surface area contributed by atoms with Gasteiger partial charge in [0.15, 0.2) is 23.2 Å². The summed E-state index contributed by atoms with van der Waals surface area (Å²) in [5.74, 6) is 0.232. The first-order valence-electron chi connectivity index (χ1n) is 6.48. The van der Waals surface area contributed by atoms with Crippen LogP contribution in [0.2, 0.25) is 0 Å². The molecule has 1 saturated heterocycles. The Morgan fingerprint density at radius 3 is 2.82 bits per heavy atom. The molecule has 0 spiro atoms. The molecule has 0 bridgehead atoms. The molecular weight excluding hydrogens is 296 g/mol. The number of nitrogens with two attached hydrogens (primary N) is 1. The van der Waals surface area contributed by atoms with Crippen molar-refractivity contribution in [2.45, 2.75) is 24.5 Å². The van der Waals surface area contributed by atoms with E-state index in [2.05, 4.69) is 20.4 Å². The van der Waals surface area contributed by atoms with Gasteiger partial charge in [-0.25, -0.2) is 10.5 Å². The van der Waals surface area contributed by atoms with Gasteiger partial charge in [-0.2, -0.15) is 9.97 Å². The molecule has 2 aromatic heterocycles. The molecule has 2 aromatic rings. The van der Waals surface area contributed by atoms with E-state index in [-0.39, 0.29) is 11.8 Å². The van der Waals surface area contributed by atoms with Crippen molar-refractivity contribution < 1.29 is 24.9 Å². The van der Waals surface area contributed by atoms with Gasteiger partial charge in [-0.15, -0.1) is 0 Å². The van der Waals surface area contributed by atoms with Crippen LogP contribution in [0.3, 0.4) is 0 Å². The highest BCUT2D eigenvalue weighted by molar-refractivity contribution is 5.83.